The van der Waals surface area contributed by atoms with Crippen molar-refractivity contribution in [1.82, 2.24) is 4.98 Å². The van der Waals surface area contributed by atoms with E-state index >= 15 is 0 Å². The third-order valence-corrected chi connectivity index (χ3v) is 5.04. The van der Waals surface area contributed by atoms with Crippen molar-refractivity contribution in [2.45, 2.75) is 11.3 Å². The zero-order valence-corrected chi connectivity index (χ0v) is 15.6. The van der Waals surface area contributed by atoms with E-state index in [0.29, 0.717) is 35.8 Å². The predicted octanol–water partition coefficient (Wildman–Crippen LogP) is 3.45. The maximum Gasteiger partial charge on any atom is 0.288 e. The number of nitrogens with one attached hydrogen (secondary N) is 1. The molecular formula is C18H16FN3O5S. The molecule has 1 heterocycles. The maximum atomic E-state index is 13.0. The normalized spacial score (nSPS) is 11.4. The van der Waals surface area contributed by atoms with Gasteiger partial charge >= 0.3 is 0 Å². The summed E-state index contributed by atoms with van der Waals surface area (Å²) in [7, 11) is -3.74. The Bertz CT molecular complexity index is 1110. The number of halogens is 1. The molecule has 8 nitrogen and oxygen atoms in total. The Hall–Kier alpha value is -3.27. The lowest BCUT2D eigenvalue weighted by Crippen LogP contribution is -2.08. The van der Waals surface area contributed by atoms with Crippen LogP contribution < -0.4 is 5.32 Å². The van der Waals surface area contributed by atoms with Crippen LogP contribution in [0.2, 0.25) is 0 Å². The highest BCUT2D eigenvalue weighted by Gasteiger charge is 2.22. The van der Waals surface area contributed by atoms with Gasteiger partial charge in [-0.25, -0.2) is 17.8 Å². The number of aromatic nitrogens is 1. The van der Waals surface area contributed by atoms with E-state index in [1.165, 1.54) is 30.5 Å². The summed E-state index contributed by atoms with van der Waals surface area (Å²) in [5, 5.41) is 14.0. The number of benzene rings is 2. The first kappa shape index (κ1) is 19.5. The van der Waals surface area contributed by atoms with Crippen molar-refractivity contribution in [1.29, 1.82) is 0 Å². The number of oxazole rings is 1. The van der Waals surface area contributed by atoms with Gasteiger partial charge in [0.25, 0.3) is 5.69 Å². The highest BCUT2D eigenvalue weighted by Crippen LogP contribution is 2.27. The second kappa shape index (κ2) is 7.77. The molecular weight excluding hydrogens is 389 g/mol. The van der Waals surface area contributed by atoms with Gasteiger partial charge in [0.2, 0.25) is 5.89 Å². The highest BCUT2D eigenvalue weighted by molar-refractivity contribution is 7.90. The van der Waals surface area contributed by atoms with Crippen LogP contribution in [0.25, 0.3) is 11.5 Å². The Labute approximate surface area is 160 Å². The van der Waals surface area contributed by atoms with E-state index in [1.54, 1.807) is 12.1 Å². The number of hydrogen-bond donors (Lipinski definition) is 1. The number of sulfone groups is 1. The molecule has 1 aromatic heterocycles. The largest absolute Gasteiger partial charge is 0.444 e. The van der Waals surface area contributed by atoms with E-state index in [0.717, 1.165) is 12.3 Å². The second-order valence-electron chi connectivity index (χ2n) is 6.04. The van der Waals surface area contributed by atoms with Gasteiger partial charge in [0.15, 0.2) is 9.84 Å². The third kappa shape index (κ3) is 4.52. The Morgan fingerprint density at radius 2 is 1.93 bits per heavy atom. The molecule has 0 amide bonds. The van der Waals surface area contributed by atoms with Crippen LogP contribution in [-0.2, 0) is 16.3 Å². The van der Waals surface area contributed by atoms with Crippen molar-refractivity contribution in [2.75, 3.05) is 18.1 Å². The van der Waals surface area contributed by atoms with Gasteiger partial charge in [0.1, 0.15) is 17.0 Å². The molecule has 3 rings (SSSR count). The molecule has 3 aromatic rings. The SMILES string of the molecule is CS(=O)(=O)c1cc(NCCc2coc(-c3ccc(F)cc3)n2)ccc1[N+](=O)[O-]. The van der Waals surface area contributed by atoms with Crippen molar-refractivity contribution >= 4 is 21.2 Å². The first-order valence-electron chi connectivity index (χ1n) is 8.17. The summed E-state index contributed by atoms with van der Waals surface area (Å²) in [6.45, 7) is 0.399. The fourth-order valence-electron chi connectivity index (χ4n) is 2.55. The van der Waals surface area contributed by atoms with Gasteiger partial charge in [0, 0.05) is 36.5 Å². The van der Waals surface area contributed by atoms with Crippen molar-refractivity contribution < 1.29 is 22.1 Å². The smallest absolute Gasteiger partial charge is 0.288 e. The minimum atomic E-state index is -3.74. The Morgan fingerprint density at radius 3 is 2.57 bits per heavy atom. The van der Waals surface area contributed by atoms with Gasteiger partial charge < -0.3 is 9.73 Å². The average molecular weight is 405 g/mol. The number of nitro benzene ring substituents is 1. The lowest BCUT2D eigenvalue weighted by atomic mass is 10.2. The topological polar surface area (TPSA) is 115 Å². The van der Waals surface area contributed by atoms with Gasteiger partial charge in [-0.15, -0.1) is 0 Å². The first-order valence-corrected chi connectivity index (χ1v) is 10.1. The number of nitrogens with zero attached hydrogens (tertiary/aromatic N) is 2. The minimum absolute atomic E-state index is 0.345. The summed E-state index contributed by atoms with van der Waals surface area (Å²) in [6.07, 6.45) is 2.87. The molecule has 0 aliphatic rings. The fourth-order valence-corrected chi connectivity index (χ4v) is 3.42. The molecule has 1 N–H and O–H groups in total. The lowest BCUT2D eigenvalue weighted by molar-refractivity contribution is -0.387. The Kier molecular flexibility index (Phi) is 5.41. The summed E-state index contributed by atoms with van der Waals surface area (Å²) in [5.41, 5.74) is 1.27. The zero-order chi connectivity index (χ0) is 20.3. The molecule has 0 unspecified atom stereocenters. The first-order chi connectivity index (χ1) is 13.2. The maximum absolute atomic E-state index is 13.0. The molecule has 146 valence electrons. The number of anilines is 1. The molecule has 0 spiro atoms. The summed E-state index contributed by atoms with van der Waals surface area (Å²) < 4.78 is 41.9. The quantitative estimate of drug-likeness (QED) is 0.473. The van der Waals surface area contributed by atoms with Gasteiger partial charge in [0.05, 0.1) is 10.6 Å². The van der Waals surface area contributed by atoms with E-state index < -0.39 is 20.4 Å². The van der Waals surface area contributed by atoms with Crippen LogP contribution in [0.4, 0.5) is 15.8 Å². The molecule has 28 heavy (non-hydrogen) atoms. The van der Waals surface area contributed by atoms with Crippen molar-refractivity contribution in [2.24, 2.45) is 0 Å². The molecule has 10 heteroatoms. The van der Waals surface area contributed by atoms with Crippen LogP contribution >= 0.6 is 0 Å². The molecule has 0 fully saturated rings. The monoisotopic (exact) mass is 405 g/mol. The van der Waals surface area contributed by atoms with Gasteiger partial charge in [-0.3, -0.25) is 10.1 Å². The molecule has 2 aromatic carbocycles. The Balaban J connectivity index is 1.67. The number of nitro groups is 1. The van der Waals surface area contributed by atoms with Crippen LogP contribution in [0.15, 0.2) is 58.0 Å². The van der Waals surface area contributed by atoms with E-state index in [4.69, 9.17) is 4.42 Å². The van der Waals surface area contributed by atoms with E-state index in [-0.39, 0.29) is 10.7 Å². The second-order valence-corrected chi connectivity index (χ2v) is 8.02. The van der Waals surface area contributed by atoms with Crippen LogP contribution in [0, 0.1) is 15.9 Å². The molecule has 0 atom stereocenters. The van der Waals surface area contributed by atoms with Crippen LogP contribution in [-0.4, -0.2) is 31.1 Å². The van der Waals surface area contributed by atoms with Gasteiger partial charge in [-0.05, 0) is 36.4 Å². The lowest BCUT2D eigenvalue weighted by Gasteiger charge is -2.07. The van der Waals surface area contributed by atoms with E-state index in [1.807, 2.05) is 0 Å². The Morgan fingerprint density at radius 1 is 1.21 bits per heavy atom. The predicted molar refractivity (Wildman–Crippen MR) is 100 cm³/mol. The standard InChI is InChI=1S/C18H16FN3O5S/c1-28(25,26)17-10-14(6-7-16(17)22(23)24)20-9-8-15-11-27-18(21-15)12-2-4-13(19)5-3-12/h2-7,10-11,20H,8-9H2,1H3. The summed E-state index contributed by atoms with van der Waals surface area (Å²) in [5.74, 6) is 0.0148. The van der Waals surface area contributed by atoms with E-state index in [2.05, 4.69) is 10.3 Å². The third-order valence-electron chi connectivity index (χ3n) is 3.91. The van der Waals surface area contributed by atoms with Gasteiger partial charge in [-0.1, -0.05) is 0 Å². The van der Waals surface area contributed by atoms with Crippen LogP contribution in [0.3, 0.4) is 0 Å². The minimum Gasteiger partial charge on any atom is -0.444 e. The average Bonchev–Trinajstić information content (AvgIpc) is 3.10. The van der Waals surface area contributed by atoms with E-state index in [9.17, 15) is 22.9 Å². The summed E-state index contributed by atoms with van der Waals surface area (Å²) in [4.78, 5) is 14.2. The van der Waals surface area contributed by atoms with Crippen molar-refractivity contribution in [3.05, 3.63) is 70.4 Å². The fraction of sp³-hybridized carbons (Fsp3) is 0.167. The summed E-state index contributed by atoms with van der Waals surface area (Å²) in [6, 6.07) is 9.59. The van der Waals surface area contributed by atoms with Crippen LogP contribution in [0.5, 0.6) is 0 Å². The number of rotatable bonds is 7. The number of hydrogen-bond acceptors (Lipinski definition) is 7. The molecule has 0 aliphatic carbocycles. The zero-order valence-electron chi connectivity index (χ0n) is 14.8. The molecule has 0 radical (unpaired) electrons. The van der Waals surface area contributed by atoms with Crippen molar-refractivity contribution in [3.63, 3.8) is 0 Å². The molecule has 0 bridgehead atoms. The molecule has 0 saturated heterocycles. The van der Waals surface area contributed by atoms with Gasteiger partial charge in [-0.2, -0.15) is 0 Å². The summed E-state index contributed by atoms with van der Waals surface area (Å²) >= 11 is 0. The van der Waals surface area contributed by atoms with Crippen LogP contribution in [0.1, 0.15) is 5.69 Å². The molecule has 0 saturated carbocycles. The molecule has 0 aliphatic heterocycles. The van der Waals surface area contributed by atoms with Crippen molar-refractivity contribution in [3.8, 4) is 11.5 Å². The highest BCUT2D eigenvalue weighted by atomic mass is 32.2.